The molecule has 3 N–H and O–H groups in total. The van der Waals surface area contributed by atoms with Gasteiger partial charge < -0.3 is 20.3 Å². The van der Waals surface area contributed by atoms with Crippen LogP contribution in [-0.2, 0) is 4.79 Å². The third-order valence-electron chi connectivity index (χ3n) is 3.93. The van der Waals surface area contributed by atoms with Gasteiger partial charge in [0.05, 0.1) is 19.1 Å². The van der Waals surface area contributed by atoms with Crippen molar-refractivity contribution in [3.63, 3.8) is 0 Å². The fourth-order valence-electron chi connectivity index (χ4n) is 2.32. The van der Waals surface area contributed by atoms with E-state index in [1.807, 2.05) is 0 Å². The van der Waals surface area contributed by atoms with Gasteiger partial charge in [-0.1, -0.05) is 6.07 Å². The highest BCUT2D eigenvalue weighted by atomic mass is 16.5. The first-order valence-corrected chi connectivity index (χ1v) is 6.46. The largest absolute Gasteiger partial charge is 0.489 e. The summed E-state index contributed by atoms with van der Waals surface area (Å²) in [6, 6.07) is 5.26. The third-order valence-corrected chi connectivity index (χ3v) is 3.93. The second kappa shape index (κ2) is 4.42. The van der Waals surface area contributed by atoms with Gasteiger partial charge in [0.2, 0.25) is 0 Å². The molecule has 0 bridgehead atoms. The molecule has 1 saturated carbocycles. The van der Waals surface area contributed by atoms with E-state index in [0.29, 0.717) is 30.3 Å². The molecule has 19 heavy (non-hydrogen) atoms. The van der Waals surface area contributed by atoms with Crippen LogP contribution in [0.3, 0.4) is 0 Å². The second-order valence-electron chi connectivity index (χ2n) is 5.41. The average molecular weight is 263 g/mol. The summed E-state index contributed by atoms with van der Waals surface area (Å²) in [4.78, 5) is 11.1. The smallest absolute Gasteiger partial charge is 0.312 e. The maximum absolute atomic E-state index is 11.1. The number of carboxylic acids is 1. The molecule has 1 spiro atoms. The van der Waals surface area contributed by atoms with E-state index in [1.165, 1.54) is 0 Å². The number of aliphatic carboxylic acids is 1. The maximum Gasteiger partial charge on any atom is 0.312 e. The van der Waals surface area contributed by atoms with E-state index in [0.717, 1.165) is 12.8 Å². The third kappa shape index (κ3) is 2.26. The van der Waals surface area contributed by atoms with Crippen LogP contribution in [0.5, 0.6) is 11.5 Å². The number of ether oxygens (including phenoxy) is 2. The average Bonchev–Trinajstić information content (AvgIpc) is 3.18. The highest BCUT2D eigenvalue weighted by Gasteiger charge is 2.46. The zero-order chi connectivity index (χ0) is 13.5. The van der Waals surface area contributed by atoms with Crippen LogP contribution in [-0.4, -0.2) is 30.8 Å². The van der Waals surface area contributed by atoms with Crippen molar-refractivity contribution < 1.29 is 19.4 Å². The summed E-state index contributed by atoms with van der Waals surface area (Å²) in [6.07, 6.45) is 2.27. The monoisotopic (exact) mass is 263 g/mol. The Balaban J connectivity index is 1.87. The van der Waals surface area contributed by atoms with Gasteiger partial charge in [-0.3, -0.25) is 4.79 Å². The van der Waals surface area contributed by atoms with Crippen LogP contribution in [0.25, 0.3) is 0 Å². The molecule has 1 aromatic carbocycles. The number of rotatable bonds is 3. The minimum absolute atomic E-state index is 0.0684. The molecule has 0 radical (unpaired) electrons. The SMILES string of the molecule is NCC(C(=O)O)c1ccc2c(c1)OCC1(CC1)CO2. The van der Waals surface area contributed by atoms with E-state index in [2.05, 4.69) is 0 Å². The molecule has 3 rings (SSSR count). The molecule has 1 aromatic rings. The van der Waals surface area contributed by atoms with Crippen LogP contribution in [0, 0.1) is 5.41 Å². The van der Waals surface area contributed by atoms with E-state index < -0.39 is 11.9 Å². The first-order chi connectivity index (χ1) is 9.13. The van der Waals surface area contributed by atoms with Crippen LogP contribution in [0.1, 0.15) is 24.3 Å². The highest BCUT2D eigenvalue weighted by Crippen LogP contribution is 2.49. The van der Waals surface area contributed by atoms with Gasteiger partial charge in [0, 0.05) is 12.0 Å². The summed E-state index contributed by atoms with van der Waals surface area (Å²) in [5, 5.41) is 9.13. The topological polar surface area (TPSA) is 81.8 Å². The van der Waals surface area contributed by atoms with Crippen LogP contribution >= 0.6 is 0 Å². The lowest BCUT2D eigenvalue weighted by Gasteiger charge is -2.13. The van der Waals surface area contributed by atoms with Crippen molar-refractivity contribution in [3.05, 3.63) is 23.8 Å². The zero-order valence-electron chi connectivity index (χ0n) is 10.6. The van der Waals surface area contributed by atoms with Crippen molar-refractivity contribution in [1.29, 1.82) is 0 Å². The molecule has 1 aliphatic carbocycles. The summed E-state index contributed by atoms with van der Waals surface area (Å²) in [5.74, 6) is -0.308. The van der Waals surface area contributed by atoms with Crippen molar-refractivity contribution in [2.75, 3.05) is 19.8 Å². The Bertz CT molecular complexity index is 510. The van der Waals surface area contributed by atoms with E-state index in [4.69, 9.17) is 20.3 Å². The Hall–Kier alpha value is -1.75. The lowest BCUT2D eigenvalue weighted by Crippen LogP contribution is -2.21. The zero-order valence-corrected chi connectivity index (χ0v) is 10.6. The lowest BCUT2D eigenvalue weighted by molar-refractivity contribution is -0.138. The molecule has 2 aliphatic rings. The molecule has 0 amide bonds. The fourth-order valence-corrected chi connectivity index (χ4v) is 2.32. The number of hydrogen-bond donors (Lipinski definition) is 2. The Kier molecular flexibility index (Phi) is 2.86. The summed E-state index contributed by atoms with van der Waals surface area (Å²) >= 11 is 0. The van der Waals surface area contributed by atoms with E-state index >= 15 is 0 Å². The molecule has 0 aromatic heterocycles. The molecule has 102 valence electrons. The maximum atomic E-state index is 11.1. The number of carbonyl (C=O) groups is 1. The van der Waals surface area contributed by atoms with Crippen molar-refractivity contribution in [2.24, 2.45) is 11.1 Å². The number of nitrogens with two attached hydrogens (primary N) is 1. The highest BCUT2D eigenvalue weighted by molar-refractivity contribution is 5.76. The molecular weight excluding hydrogens is 246 g/mol. The number of hydrogen-bond acceptors (Lipinski definition) is 4. The van der Waals surface area contributed by atoms with Crippen molar-refractivity contribution in [1.82, 2.24) is 0 Å². The van der Waals surface area contributed by atoms with Gasteiger partial charge in [-0.15, -0.1) is 0 Å². The predicted molar refractivity (Wildman–Crippen MR) is 68.5 cm³/mol. The van der Waals surface area contributed by atoms with E-state index in [1.54, 1.807) is 18.2 Å². The van der Waals surface area contributed by atoms with Crippen LogP contribution in [0.4, 0.5) is 0 Å². The van der Waals surface area contributed by atoms with E-state index in [-0.39, 0.29) is 12.0 Å². The summed E-state index contributed by atoms with van der Waals surface area (Å²) in [7, 11) is 0. The normalized spacial score (nSPS) is 20.7. The van der Waals surface area contributed by atoms with Gasteiger partial charge >= 0.3 is 5.97 Å². The number of carboxylic acid groups (broad SMARTS) is 1. The van der Waals surface area contributed by atoms with Crippen molar-refractivity contribution in [2.45, 2.75) is 18.8 Å². The quantitative estimate of drug-likeness (QED) is 0.860. The Morgan fingerprint density at radius 2 is 2.00 bits per heavy atom. The van der Waals surface area contributed by atoms with Gasteiger partial charge in [0.1, 0.15) is 0 Å². The van der Waals surface area contributed by atoms with Crippen LogP contribution in [0.2, 0.25) is 0 Å². The first kappa shape index (κ1) is 12.3. The molecular formula is C14H17NO4. The summed E-state index contributed by atoms with van der Waals surface area (Å²) in [5.41, 5.74) is 6.35. The predicted octanol–water partition coefficient (Wildman–Crippen LogP) is 1.36. The van der Waals surface area contributed by atoms with E-state index in [9.17, 15) is 4.79 Å². The van der Waals surface area contributed by atoms with Crippen molar-refractivity contribution >= 4 is 5.97 Å². The molecule has 1 aliphatic heterocycles. The second-order valence-corrected chi connectivity index (χ2v) is 5.41. The Morgan fingerprint density at radius 3 is 2.58 bits per heavy atom. The van der Waals surface area contributed by atoms with Crippen molar-refractivity contribution in [3.8, 4) is 11.5 Å². The summed E-state index contributed by atoms with van der Waals surface area (Å²) < 4.78 is 11.5. The lowest BCUT2D eigenvalue weighted by atomic mass is 9.99. The molecule has 5 heteroatoms. The van der Waals surface area contributed by atoms with Gasteiger partial charge in [-0.05, 0) is 30.5 Å². The molecule has 5 nitrogen and oxygen atoms in total. The number of benzene rings is 1. The molecule has 1 heterocycles. The van der Waals surface area contributed by atoms with Gasteiger partial charge in [-0.25, -0.2) is 0 Å². The molecule has 1 unspecified atom stereocenters. The van der Waals surface area contributed by atoms with Crippen LogP contribution < -0.4 is 15.2 Å². The Morgan fingerprint density at radius 1 is 1.32 bits per heavy atom. The van der Waals surface area contributed by atoms with Gasteiger partial charge in [0.15, 0.2) is 11.5 Å². The standard InChI is InChI=1S/C14H17NO4/c15-6-10(13(16)17)9-1-2-11-12(5-9)19-8-14(3-4-14)7-18-11/h1-2,5,10H,3-4,6-8,15H2,(H,16,17). The fraction of sp³-hybridized carbons (Fsp3) is 0.500. The minimum atomic E-state index is -0.921. The van der Waals surface area contributed by atoms with Gasteiger partial charge in [0.25, 0.3) is 0 Å². The molecule has 1 fully saturated rings. The molecule has 1 atom stereocenters. The number of fused-ring (bicyclic) bond motifs is 1. The van der Waals surface area contributed by atoms with Gasteiger partial charge in [-0.2, -0.15) is 0 Å². The van der Waals surface area contributed by atoms with Crippen LogP contribution in [0.15, 0.2) is 18.2 Å². The first-order valence-electron chi connectivity index (χ1n) is 6.46. The Labute approximate surface area is 111 Å². The minimum Gasteiger partial charge on any atom is -0.489 e. The molecule has 0 saturated heterocycles. The summed E-state index contributed by atoms with van der Waals surface area (Å²) in [6.45, 7) is 1.39.